The summed E-state index contributed by atoms with van der Waals surface area (Å²) in [6, 6.07) is 4.19. The van der Waals surface area contributed by atoms with Gasteiger partial charge in [0.2, 0.25) is 0 Å². The summed E-state index contributed by atoms with van der Waals surface area (Å²) in [5.41, 5.74) is 1.35. The first kappa shape index (κ1) is 10.3. The van der Waals surface area contributed by atoms with Crippen molar-refractivity contribution in [3.63, 3.8) is 0 Å². The van der Waals surface area contributed by atoms with Crippen LogP contribution in [0.3, 0.4) is 0 Å². The van der Waals surface area contributed by atoms with Crippen molar-refractivity contribution in [2.45, 2.75) is 5.33 Å². The van der Waals surface area contributed by atoms with Crippen LogP contribution in [0.5, 0.6) is 0 Å². The van der Waals surface area contributed by atoms with E-state index in [2.05, 4.69) is 20.9 Å². The molecule has 0 atom stereocenters. The smallest absolute Gasteiger partial charge is 0.273 e. The van der Waals surface area contributed by atoms with Crippen LogP contribution >= 0.6 is 15.9 Å². The van der Waals surface area contributed by atoms with Gasteiger partial charge in [-0.05, 0) is 12.1 Å². The molecular formula is C10H8BrFN2O. The van der Waals surface area contributed by atoms with Gasteiger partial charge in [-0.3, -0.25) is 4.79 Å². The molecule has 0 radical (unpaired) electrons. The number of aromatic nitrogens is 2. The first-order chi connectivity index (χ1) is 7.13. The van der Waals surface area contributed by atoms with E-state index in [1.165, 1.54) is 16.7 Å². The monoisotopic (exact) mass is 270 g/mol. The Morgan fingerprint density at radius 1 is 1.53 bits per heavy atom. The van der Waals surface area contributed by atoms with Crippen molar-refractivity contribution >= 4 is 27.0 Å². The quantitative estimate of drug-likeness (QED) is 0.743. The molecule has 0 aliphatic heterocycles. The Balaban J connectivity index is 2.91. The van der Waals surface area contributed by atoms with Gasteiger partial charge in [-0.1, -0.05) is 15.9 Å². The third kappa shape index (κ3) is 1.67. The van der Waals surface area contributed by atoms with Crippen molar-refractivity contribution in [3.8, 4) is 0 Å². The minimum atomic E-state index is -0.353. The highest BCUT2D eigenvalue weighted by molar-refractivity contribution is 9.08. The molecule has 0 saturated heterocycles. The fraction of sp³-hybridized carbons (Fsp3) is 0.200. The highest BCUT2D eigenvalue weighted by Gasteiger charge is 2.07. The van der Waals surface area contributed by atoms with E-state index in [0.717, 1.165) is 0 Å². The minimum absolute atomic E-state index is 0.161. The number of halogens is 2. The lowest BCUT2D eigenvalue weighted by molar-refractivity contribution is 0.628. The normalized spacial score (nSPS) is 10.9. The molecule has 2 rings (SSSR count). The van der Waals surface area contributed by atoms with Crippen molar-refractivity contribution in [3.05, 3.63) is 40.1 Å². The number of aryl methyl sites for hydroxylation is 1. The molecule has 78 valence electrons. The second-order valence-corrected chi connectivity index (χ2v) is 3.75. The minimum Gasteiger partial charge on any atom is -0.308 e. The molecule has 1 aromatic carbocycles. The van der Waals surface area contributed by atoms with E-state index in [0.29, 0.717) is 22.1 Å². The fourth-order valence-corrected chi connectivity index (χ4v) is 1.82. The molecule has 0 spiro atoms. The van der Waals surface area contributed by atoms with Gasteiger partial charge < -0.3 is 4.57 Å². The lowest BCUT2D eigenvalue weighted by atomic mass is 10.3. The van der Waals surface area contributed by atoms with Crippen LogP contribution in [0.4, 0.5) is 4.39 Å². The topological polar surface area (TPSA) is 34.9 Å². The van der Waals surface area contributed by atoms with Crippen LogP contribution in [-0.2, 0) is 12.4 Å². The zero-order valence-electron chi connectivity index (χ0n) is 8.00. The van der Waals surface area contributed by atoms with E-state index in [1.807, 2.05) is 0 Å². The van der Waals surface area contributed by atoms with Crippen molar-refractivity contribution in [1.29, 1.82) is 0 Å². The van der Waals surface area contributed by atoms with Gasteiger partial charge in [0.25, 0.3) is 5.56 Å². The van der Waals surface area contributed by atoms with Crippen molar-refractivity contribution in [2.75, 3.05) is 0 Å². The van der Waals surface area contributed by atoms with Crippen molar-refractivity contribution < 1.29 is 4.39 Å². The standard InChI is InChI=1S/C10H8BrFN2O/c1-14-9-3-2-6(12)4-7(9)13-8(5-11)10(14)15/h2-4H,5H2,1H3. The van der Waals surface area contributed by atoms with Crippen LogP contribution in [0.15, 0.2) is 23.0 Å². The summed E-state index contributed by atoms with van der Waals surface area (Å²) in [5, 5.41) is 0.367. The molecule has 0 amide bonds. The van der Waals surface area contributed by atoms with Crippen LogP contribution in [-0.4, -0.2) is 9.55 Å². The lowest BCUT2D eigenvalue weighted by Crippen LogP contribution is -2.22. The van der Waals surface area contributed by atoms with Gasteiger partial charge in [0, 0.05) is 13.1 Å². The van der Waals surface area contributed by atoms with E-state index in [-0.39, 0.29) is 11.4 Å². The zero-order chi connectivity index (χ0) is 11.0. The molecule has 5 heteroatoms. The number of fused-ring (bicyclic) bond motifs is 1. The Morgan fingerprint density at radius 3 is 2.93 bits per heavy atom. The summed E-state index contributed by atoms with van der Waals surface area (Å²) >= 11 is 3.18. The van der Waals surface area contributed by atoms with Crippen molar-refractivity contribution in [1.82, 2.24) is 9.55 Å². The van der Waals surface area contributed by atoms with E-state index >= 15 is 0 Å². The maximum atomic E-state index is 13.0. The third-order valence-electron chi connectivity index (χ3n) is 2.23. The summed E-state index contributed by atoms with van der Waals surface area (Å²) in [6.45, 7) is 0. The van der Waals surface area contributed by atoms with Gasteiger partial charge in [-0.25, -0.2) is 9.37 Å². The summed E-state index contributed by atoms with van der Waals surface area (Å²) in [6.07, 6.45) is 0. The SMILES string of the molecule is Cn1c(=O)c(CBr)nc2cc(F)ccc21. The maximum absolute atomic E-state index is 13.0. The molecule has 0 bridgehead atoms. The third-order valence-corrected chi connectivity index (χ3v) is 2.76. The number of benzene rings is 1. The van der Waals surface area contributed by atoms with Gasteiger partial charge in [-0.15, -0.1) is 0 Å². The van der Waals surface area contributed by atoms with E-state index in [1.54, 1.807) is 13.1 Å². The average Bonchev–Trinajstić information content (AvgIpc) is 2.23. The first-order valence-electron chi connectivity index (χ1n) is 4.34. The summed E-state index contributed by atoms with van der Waals surface area (Å²) in [7, 11) is 1.65. The average molecular weight is 271 g/mol. The maximum Gasteiger partial charge on any atom is 0.273 e. The Kier molecular flexibility index (Phi) is 2.56. The Hall–Kier alpha value is -1.23. The molecule has 1 aromatic heterocycles. The molecular weight excluding hydrogens is 263 g/mol. The van der Waals surface area contributed by atoms with E-state index < -0.39 is 0 Å². The van der Waals surface area contributed by atoms with E-state index in [9.17, 15) is 9.18 Å². The molecule has 0 aliphatic carbocycles. The second-order valence-electron chi connectivity index (χ2n) is 3.19. The van der Waals surface area contributed by atoms with Crippen LogP contribution in [0.25, 0.3) is 11.0 Å². The van der Waals surface area contributed by atoms with Gasteiger partial charge in [0.1, 0.15) is 11.5 Å². The largest absolute Gasteiger partial charge is 0.308 e. The predicted molar refractivity (Wildman–Crippen MR) is 59.6 cm³/mol. The molecule has 0 aliphatic rings. The summed E-state index contributed by atoms with van der Waals surface area (Å²) in [4.78, 5) is 15.8. The van der Waals surface area contributed by atoms with Gasteiger partial charge in [-0.2, -0.15) is 0 Å². The Labute approximate surface area is 93.7 Å². The van der Waals surface area contributed by atoms with Crippen LogP contribution in [0.1, 0.15) is 5.69 Å². The van der Waals surface area contributed by atoms with Crippen LogP contribution in [0, 0.1) is 5.82 Å². The molecule has 0 saturated carbocycles. The highest BCUT2D eigenvalue weighted by Crippen LogP contribution is 2.12. The molecule has 0 unspecified atom stereocenters. The van der Waals surface area contributed by atoms with Crippen LogP contribution < -0.4 is 5.56 Å². The molecule has 3 nitrogen and oxygen atoms in total. The molecule has 1 heterocycles. The summed E-state index contributed by atoms with van der Waals surface area (Å²) < 4.78 is 14.4. The Morgan fingerprint density at radius 2 is 2.27 bits per heavy atom. The van der Waals surface area contributed by atoms with Crippen LogP contribution in [0.2, 0.25) is 0 Å². The molecule has 0 fully saturated rings. The second kappa shape index (κ2) is 3.73. The number of nitrogens with zero attached hydrogens (tertiary/aromatic N) is 2. The van der Waals surface area contributed by atoms with E-state index in [4.69, 9.17) is 0 Å². The fourth-order valence-electron chi connectivity index (χ4n) is 1.45. The molecule has 0 N–H and O–H groups in total. The summed E-state index contributed by atoms with van der Waals surface area (Å²) in [5.74, 6) is -0.353. The Bertz CT molecular complexity index is 579. The number of hydrogen-bond donors (Lipinski definition) is 0. The number of alkyl halides is 1. The van der Waals surface area contributed by atoms with Gasteiger partial charge >= 0.3 is 0 Å². The number of rotatable bonds is 1. The molecule has 15 heavy (non-hydrogen) atoms. The van der Waals surface area contributed by atoms with Gasteiger partial charge in [0.05, 0.1) is 16.4 Å². The zero-order valence-corrected chi connectivity index (χ0v) is 9.58. The first-order valence-corrected chi connectivity index (χ1v) is 5.47. The number of hydrogen-bond acceptors (Lipinski definition) is 2. The molecule has 2 aromatic rings. The lowest BCUT2D eigenvalue weighted by Gasteiger charge is -2.05. The highest BCUT2D eigenvalue weighted by atomic mass is 79.9. The van der Waals surface area contributed by atoms with Crippen molar-refractivity contribution in [2.24, 2.45) is 7.05 Å². The van der Waals surface area contributed by atoms with Gasteiger partial charge in [0.15, 0.2) is 0 Å². The predicted octanol–water partition coefficient (Wildman–Crippen LogP) is 1.97.